The molecule has 0 aliphatic heterocycles. The van der Waals surface area contributed by atoms with Crippen LogP contribution in [0.25, 0.3) is 0 Å². The largest absolute Gasteiger partial charge is 0.497 e. The van der Waals surface area contributed by atoms with Crippen molar-refractivity contribution >= 4 is 11.9 Å². The van der Waals surface area contributed by atoms with Gasteiger partial charge in [-0.25, -0.2) is 4.79 Å². The third-order valence-corrected chi connectivity index (χ3v) is 4.22. The fourth-order valence-electron chi connectivity index (χ4n) is 3.06. The highest BCUT2D eigenvalue weighted by Crippen LogP contribution is 2.30. The van der Waals surface area contributed by atoms with Crippen molar-refractivity contribution in [2.24, 2.45) is 5.92 Å². The van der Waals surface area contributed by atoms with Crippen LogP contribution in [-0.2, 0) is 4.74 Å². The number of carbonyl (C=O) groups is 2. The first-order valence-corrected chi connectivity index (χ1v) is 8.45. The van der Waals surface area contributed by atoms with Gasteiger partial charge in [-0.3, -0.25) is 4.79 Å². The number of nitrogens with one attached hydrogen (secondary N) is 1. The number of hydrogen-bond acceptors (Lipinski definition) is 4. The van der Waals surface area contributed by atoms with Crippen LogP contribution < -0.4 is 10.1 Å². The summed E-state index contributed by atoms with van der Waals surface area (Å²) in [5.74, 6) is 0.990. The fourth-order valence-corrected chi connectivity index (χ4v) is 3.06. The van der Waals surface area contributed by atoms with E-state index in [-0.39, 0.29) is 17.7 Å². The van der Waals surface area contributed by atoms with Gasteiger partial charge in [0.05, 0.1) is 7.11 Å². The molecule has 5 heteroatoms. The van der Waals surface area contributed by atoms with Crippen molar-refractivity contribution in [3.63, 3.8) is 0 Å². The molecule has 1 N–H and O–H groups in total. The zero-order valence-electron chi connectivity index (χ0n) is 14.9. The molecule has 0 bridgehead atoms. The van der Waals surface area contributed by atoms with Gasteiger partial charge in [0.25, 0.3) is 0 Å². The molecule has 0 spiro atoms. The number of benzene rings is 1. The molecule has 132 valence electrons. The Morgan fingerprint density at radius 3 is 2.42 bits per heavy atom. The van der Waals surface area contributed by atoms with Gasteiger partial charge in [0.1, 0.15) is 11.4 Å². The van der Waals surface area contributed by atoms with Crippen LogP contribution in [0, 0.1) is 5.92 Å². The molecule has 1 amide bonds. The Hall–Kier alpha value is -2.04. The predicted octanol–water partition coefficient (Wildman–Crippen LogP) is 3.96. The minimum atomic E-state index is -0.517. The zero-order valence-corrected chi connectivity index (χ0v) is 14.9. The Labute approximate surface area is 143 Å². The quantitative estimate of drug-likeness (QED) is 0.828. The maximum absolute atomic E-state index is 12.5. The molecule has 0 saturated heterocycles. The monoisotopic (exact) mass is 333 g/mol. The number of rotatable bonds is 5. The van der Waals surface area contributed by atoms with Gasteiger partial charge in [-0.1, -0.05) is 6.42 Å². The van der Waals surface area contributed by atoms with Gasteiger partial charge in [0.15, 0.2) is 5.78 Å². The predicted molar refractivity (Wildman–Crippen MR) is 92.4 cm³/mol. The standard InChI is InChI=1S/C19H27NO4/c1-19(2,3)24-18(22)20-16-7-5-6-14(16)12-17(21)13-8-10-15(23-4)11-9-13/h8-11,14,16H,5-7,12H2,1-4H3,(H,20,22)/t14-,16-/m1/s1. The van der Waals surface area contributed by atoms with Gasteiger partial charge in [0.2, 0.25) is 0 Å². The lowest BCUT2D eigenvalue weighted by Crippen LogP contribution is -2.41. The third-order valence-electron chi connectivity index (χ3n) is 4.22. The van der Waals surface area contributed by atoms with E-state index in [9.17, 15) is 9.59 Å². The Balaban J connectivity index is 1.92. The highest BCUT2D eigenvalue weighted by Gasteiger charge is 2.31. The van der Waals surface area contributed by atoms with E-state index in [4.69, 9.17) is 9.47 Å². The molecule has 1 aromatic carbocycles. The van der Waals surface area contributed by atoms with Crippen LogP contribution in [0.4, 0.5) is 4.79 Å². The van der Waals surface area contributed by atoms with Crippen LogP contribution in [-0.4, -0.2) is 30.6 Å². The normalized spacial score (nSPS) is 20.5. The molecule has 1 aliphatic carbocycles. The summed E-state index contributed by atoms with van der Waals surface area (Å²) in [6.45, 7) is 5.52. The summed E-state index contributed by atoms with van der Waals surface area (Å²) >= 11 is 0. The first-order chi connectivity index (χ1) is 11.3. The van der Waals surface area contributed by atoms with Gasteiger partial charge >= 0.3 is 6.09 Å². The van der Waals surface area contributed by atoms with Crippen LogP contribution in [0.15, 0.2) is 24.3 Å². The molecule has 0 aromatic heterocycles. The van der Waals surface area contributed by atoms with Crippen molar-refractivity contribution in [3.8, 4) is 5.75 Å². The summed E-state index contributed by atoms with van der Waals surface area (Å²) in [6.07, 6.45) is 2.88. The van der Waals surface area contributed by atoms with Crippen LogP contribution >= 0.6 is 0 Å². The maximum atomic E-state index is 12.5. The van der Waals surface area contributed by atoms with Crippen LogP contribution in [0.5, 0.6) is 5.75 Å². The molecule has 24 heavy (non-hydrogen) atoms. The fraction of sp³-hybridized carbons (Fsp3) is 0.579. The SMILES string of the molecule is COc1ccc(C(=O)C[C@H]2CCC[C@H]2NC(=O)OC(C)(C)C)cc1. The molecule has 0 unspecified atom stereocenters. The van der Waals surface area contributed by atoms with Crippen LogP contribution in [0.2, 0.25) is 0 Å². The lowest BCUT2D eigenvalue weighted by atomic mass is 9.94. The molecular weight excluding hydrogens is 306 g/mol. The Morgan fingerprint density at radius 1 is 1.17 bits per heavy atom. The third kappa shape index (κ3) is 5.25. The average molecular weight is 333 g/mol. The van der Waals surface area contributed by atoms with Crippen molar-refractivity contribution in [3.05, 3.63) is 29.8 Å². The first kappa shape index (κ1) is 18.3. The highest BCUT2D eigenvalue weighted by molar-refractivity contribution is 5.96. The molecule has 1 aliphatic rings. The molecule has 5 nitrogen and oxygen atoms in total. The lowest BCUT2D eigenvalue weighted by Gasteiger charge is -2.24. The zero-order chi connectivity index (χ0) is 17.7. The van der Waals surface area contributed by atoms with Crippen molar-refractivity contribution in [2.75, 3.05) is 7.11 Å². The van der Waals surface area contributed by atoms with Crippen LogP contribution in [0.1, 0.15) is 56.8 Å². The van der Waals surface area contributed by atoms with E-state index in [0.717, 1.165) is 25.0 Å². The van der Waals surface area contributed by atoms with Gasteiger partial charge in [-0.15, -0.1) is 0 Å². The summed E-state index contributed by atoms with van der Waals surface area (Å²) in [5.41, 5.74) is 0.163. The van der Waals surface area contributed by atoms with Gasteiger partial charge < -0.3 is 14.8 Å². The molecule has 2 rings (SSSR count). The Bertz CT molecular complexity index is 574. The summed E-state index contributed by atoms with van der Waals surface area (Å²) in [4.78, 5) is 24.4. The van der Waals surface area contributed by atoms with E-state index in [1.807, 2.05) is 20.8 Å². The highest BCUT2D eigenvalue weighted by atomic mass is 16.6. The van der Waals surface area contributed by atoms with Gasteiger partial charge in [-0.2, -0.15) is 0 Å². The van der Waals surface area contributed by atoms with Crippen molar-refractivity contribution in [2.45, 2.75) is 58.1 Å². The summed E-state index contributed by atoms with van der Waals surface area (Å²) in [5, 5.41) is 2.93. The lowest BCUT2D eigenvalue weighted by molar-refractivity contribution is 0.0489. The Kier molecular flexibility index (Phi) is 5.86. The number of ketones is 1. The summed E-state index contributed by atoms with van der Waals surface area (Å²) in [7, 11) is 1.60. The average Bonchev–Trinajstić information content (AvgIpc) is 2.92. The van der Waals surface area contributed by atoms with Crippen molar-refractivity contribution in [1.82, 2.24) is 5.32 Å². The van der Waals surface area contributed by atoms with E-state index in [0.29, 0.717) is 12.0 Å². The number of ether oxygens (including phenoxy) is 2. The maximum Gasteiger partial charge on any atom is 0.407 e. The first-order valence-electron chi connectivity index (χ1n) is 8.45. The van der Waals surface area contributed by atoms with E-state index in [1.165, 1.54) is 0 Å². The molecule has 2 atom stereocenters. The number of Topliss-reactive ketones (excluding diaryl/α,β-unsaturated/α-hetero) is 1. The van der Waals surface area contributed by atoms with E-state index in [2.05, 4.69) is 5.32 Å². The van der Waals surface area contributed by atoms with Gasteiger partial charge in [-0.05, 0) is 63.8 Å². The van der Waals surface area contributed by atoms with E-state index >= 15 is 0 Å². The molecule has 1 saturated carbocycles. The second kappa shape index (κ2) is 7.69. The summed E-state index contributed by atoms with van der Waals surface area (Å²) < 4.78 is 10.4. The Morgan fingerprint density at radius 2 is 1.83 bits per heavy atom. The molecule has 1 fully saturated rings. The van der Waals surface area contributed by atoms with Crippen LogP contribution in [0.3, 0.4) is 0 Å². The minimum absolute atomic E-state index is 0.00190. The second-order valence-corrected chi connectivity index (χ2v) is 7.30. The van der Waals surface area contributed by atoms with E-state index in [1.54, 1.807) is 31.4 Å². The smallest absolute Gasteiger partial charge is 0.407 e. The topological polar surface area (TPSA) is 64.6 Å². The number of carbonyl (C=O) groups excluding carboxylic acids is 2. The second-order valence-electron chi connectivity index (χ2n) is 7.30. The number of alkyl carbamates (subject to hydrolysis) is 1. The molecule has 1 aromatic rings. The van der Waals surface area contributed by atoms with E-state index < -0.39 is 11.7 Å². The number of hydrogen-bond donors (Lipinski definition) is 1. The number of methoxy groups -OCH3 is 1. The minimum Gasteiger partial charge on any atom is -0.497 e. The van der Waals surface area contributed by atoms with Crippen molar-refractivity contribution in [1.29, 1.82) is 0 Å². The van der Waals surface area contributed by atoms with Gasteiger partial charge in [0, 0.05) is 18.0 Å². The molecular formula is C19H27NO4. The molecule has 0 heterocycles. The summed E-state index contributed by atoms with van der Waals surface area (Å²) in [6, 6.07) is 7.15. The number of amides is 1. The molecule has 0 radical (unpaired) electrons. The van der Waals surface area contributed by atoms with Crippen molar-refractivity contribution < 1.29 is 19.1 Å².